The minimum atomic E-state index is 0.600. The zero-order chi connectivity index (χ0) is 19.3. The maximum absolute atomic E-state index is 5.76. The van der Waals surface area contributed by atoms with Crippen LogP contribution in [0, 0.1) is 4.77 Å². The normalized spacial score (nSPS) is 11.2. The number of benzene rings is 2. The maximum atomic E-state index is 5.76. The smallest absolute Gasteiger partial charge is 0.199 e. The minimum absolute atomic E-state index is 0.600. The third-order valence-corrected chi connectivity index (χ3v) is 4.95. The van der Waals surface area contributed by atoms with Crippen molar-refractivity contribution in [2.24, 2.45) is 0 Å². The molecule has 28 heavy (non-hydrogen) atoms. The summed E-state index contributed by atoms with van der Waals surface area (Å²) >= 11 is 5.76. The Kier molecular flexibility index (Phi) is 5.50. The van der Waals surface area contributed by atoms with Crippen molar-refractivity contribution < 1.29 is 4.42 Å². The zero-order valence-electron chi connectivity index (χ0n) is 15.7. The topological polar surface area (TPSA) is 39.1 Å². The first-order valence-electron chi connectivity index (χ1n) is 9.18. The third-order valence-electron chi connectivity index (χ3n) is 4.52. The van der Waals surface area contributed by atoms with Crippen LogP contribution in [-0.2, 0) is 19.8 Å². The number of nitrogens with zero attached hydrogens (tertiary/aromatic N) is 4. The van der Waals surface area contributed by atoms with E-state index in [1.807, 2.05) is 45.6 Å². The van der Waals surface area contributed by atoms with E-state index in [0.29, 0.717) is 23.7 Å². The molecular formula is C22H22N4OS. The molecule has 0 unspecified atom stereocenters. The molecule has 6 heteroatoms. The molecule has 2 aromatic heterocycles. The Labute approximate surface area is 169 Å². The summed E-state index contributed by atoms with van der Waals surface area (Å²) in [6.07, 6.45) is 1.66. The van der Waals surface area contributed by atoms with Gasteiger partial charge in [-0.2, -0.15) is 0 Å². The quantitative estimate of drug-likeness (QED) is 0.425. The van der Waals surface area contributed by atoms with Crippen molar-refractivity contribution in [1.82, 2.24) is 19.2 Å². The fourth-order valence-corrected chi connectivity index (χ4v) is 3.45. The number of aromatic nitrogens is 3. The van der Waals surface area contributed by atoms with Crippen molar-refractivity contribution in [3.63, 3.8) is 0 Å². The molecule has 4 rings (SSSR count). The van der Waals surface area contributed by atoms with Crippen molar-refractivity contribution >= 4 is 12.2 Å². The van der Waals surface area contributed by atoms with E-state index in [1.54, 1.807) is 6.26 Å². The fraction of sp³-hybridized carbons (Fsp3) is 0.182. The summed E-state index contributed by atoms with van der Waals surface area (Å²) < 4.78 is 10.2. The molecule has 4 aromatic rings. The Morgan fingerprint density at radius 2 is 1.61 bits per heavy atom. The summed E-state index contributed by atoms with van der Waals surface area (Å²) in [4.78, 5) is 2.19. The zero-order valence-corrected chi connectivity index (χ0v) is 16.5. The Bertz CT molecular complexity index is 1070. The lowest BCUT2D eigenvalue weighted by Gasteiger charge is -2.16. The lowest BCUT2D eigenvalue weighted by Crippen LogP contribution is -2.22. The van der Waals surface area contributed by atoms with E-state index in [9.17, 15) is 0 Å². The summed E-state index contributed by atoms with van der Waals surface area (Å²) in [7, 11) is 2.07. The number of rotatable bonds is 7. The summed E-state index contributed by atoms with van der Waals surface area (Å²) in [5.41, 5.74) is 2.43. The molecule has 0 bridgehead atoms. The molecule has 0 radical (unpaired) electrons. The second-order valence-corrected chi connectivity index (χ2v) is 7.16. The SMILES string of the molecule is CN(Cc1ccccc1)Cn1nc(-c2ccco2)n(Cc2ccccc2)c1=S. The Balaban J connectivity index is 1.63. The molecule has 0 N–H and O–H groups in total. The van der Waals surface area contributed by atoms with Gasteiger partial charge in [0.2, 0.25) is 0 Å². The second-order valence-electron chi connectivity index (χ2n) is 6.80. The van der Waals surface area contributed by atoms with Crippen LogP contribution in [0.5, 0.6) is 0 Å². The van der Waals surface area contributed by atoms with Gasteiger partial charge in [0.15, 0.2) is 16.4 Å². The van der Waals surface area contributed by atoms with Gasteiger partial charge in [-0.3, -0.25) is 9.47 Å². The summed E-state index contributed by atoms with van der Waals surface area (Å²) in [6, 6.07) is 24.4. The molecule has 0 saturated carbocycles. The van der Waals surface area contributed by atoms with E-state index < -0.39 is 0 Å². The van der Waals surface area contributed by atoms with E-state index in [4.69, 9.17) is 21.7 Å². The summed E-state index contributed by atoms with van der Waals surface area (Å²) in [5, 5.41) is 4.77. The highest BCUT2D eigenvalue weighted by Gasteiger charge is 2.16. The van der Waals surface area contributed by atoms with Crippen LogP contribution >= 0.6 is 12.2 Å². The molecule has 0 amide bonds. The largest absolute Gasteiger partial charge is 0.461 e. The van der Waals surface area contributed by atoms with Crippen LogP contribution in [0.2, 0.25) is 0 Å². The van der Waals surface area contributed by atoms with Gasteiger partial charge in [-0.1, -0.05) is 60.7 Å². The average molecular weight is 391 g/mol. The molecule has 5 nitrogen and oxygen atoms in total. The first kappa shape index (κ1) is 18.4. The number of hydrogen-bond acceptors (Lipinski definition) is 4. The van der Waals surface area contributed by atoms with Crippen LogP contribution in [0.25, 0.3) is 11.6 Å². The van der Waals surface area contributed by atoms with Crippen LogP contribution < -0.4 is 0 Å². The van der Waals surface area contributed by atoms with Crippen molar-refractivity contribution in [3.8, 4) is 11.6 Å². The van der Waals surface area contributed by atoms with E-state index >= 15 is 0 Å². The van der Waals surface area contributed by atoms with Gasteiger partial charge in [-0.25, -0.2) is 4.68 Å². The standard InChI is InChI=1S/C22H22N4OS/c1-24(15-18-9-4-2-5-10-18)17-26-22(28)25(16-19-11-6-3-7-12-19)21(23-26)20-13-8-14-27-20/h2-14H,15-17H2,1H3. The molecule has 0 aliphatic rings. The highest BCUT2D eigenvalue weighted by molar-refractivity contribution is 7.71. The van der Waals surface area contributed by atoms with Gasteiger partial charge >= 0.3 is 0 Å². The van der Waals surface area contributed by atoms with Crippen LogP contribution in [0.3, 0.4) is 0 Å². The molecule has 0 aliphatic heterocycles. The van der Waals surface area contributed by atoms with Crippen molar-refractivity contribution in [2.75, 3.05) is 7.05 Å². The van der Waals surface area contributed by atoms with Gasteiger partial charge in [0.05, 0.1) is 19.5 Å². The van der Waals surface area contributed by atoms with Gasteiger partial charge in [-0.05, 0) is 42.5 Å². The van der Waals surface area contributed by atoms with Crippen LogP contribution in [0.1, 0.15) is 11.1 Å². The Morgan fingerprint density at radius 1 is 0.929 bits per heavy atom. The van der Waals surface area contributed by atoms with E-state index in [1.165, 1.54) is 11.1 Å². The predicted octanol–water partition coefficient (Wildman–Crippen LogP) is 4.81. The minimum Gasteiger partial charge on any atom is -0.461 e. The fourth-order valence-electron chi connectivity index (χ4n) is 3.20. The van der Waals surface area contributed by atoms with Gasteiger partial charge in [0.1, 0.15) is 0 Å². The lowest BCUT2D eigenvalue weighted by atomic mass is 10.2. The monoisotopic (exact) mass is 390 g/mol. The van der Waals surface area contributed by atoms with Crippen molar-refractivity contribution in [1.29, 1.82) is 0 Å². The van der Waals surface area contributed by atoms with Crippen molar-refractivity contribution in [3.05, 3.63) is 95.0 Å². The number of hydrogen-bond donors (Lipinski definition) is 0. The highest BCUT2D eigenvalue weighted by Crippen LogP contribution is 2.20. The van der Waals surface area contributed by atoms with Gasteiger partial charge in [0, 0.05) is 6.54 Å². The highest BCUT2D eigenvalue weighted by atomic mass is 32.1. The summed E-state index contributed by atoms with van der Waals surface area (Å²) in [5.74, 6) is 1.46. The molecule has 0 fully saturated rings. The van der Waals surface area contributed by atoms with Crippen LogP contribution in [-0.4, -0.2) is 26.3 Å². The summed E-state index contributed by atoms with van der Waals surface area (Å²) in [6.45, 7) is 2.07. The van der Waals surface area contributed by atoms with Gasteiger partial charge in [-0.15, -0.1) is 5.10 Å². The first-order valence-corrected chi connectivity index (χ1v) is 9.59. The average Bonchev–Trinajstić information content (AvgIpc) is 3.34. The van der Waals surface area contributed by atoms with Crippen molar-refractivity contribution in [2.45, 2.75) is 19.8 Å². The Morgan fingerprint density at radius 3 is 2.25 bits per heavy atom. The molecule has 0 spiro atoms. The van der Waals surface area contributed by atoms with Crippen LogP contribution in [0.4, 0.5) is 0 Å². The predicted molar refractivity (Wildman–Crippen MR) is 112 cm³/mol. The molecular weight excluding hydrogens is 368 g/mol. The third kappa shape index (κ3) is 4.13. The first-order chi connectivity index (χ1) is 13.7. The Hall–Kier alpha value is -2.96. The van der Waals surface area contributed by atoms with E-state index in [-0.39, 0.29) is 0 Å². The maximum Gasteiger partial charge on any atom is 0.199 e. The van der Waals surface area contributed by atoms with Crippen LogP contribution in [0.15, 0.2) is 83.5 Å². The second kappa shape index (κ2) is 8.37. The molecule has 0 aliphatic carbocycles. The van der Waals surface area contributed by atoms with Gasteiger partial charge < -0.3 is 4.42 Å². The lowest BCUT2D eigenvalue weighted by molar-refractivity contribution is 0.244. The molecule has 2 aromatic carbocycles. The molecule has 142 valence electrons. The molecule has 0 atom stereocenters. The molecule has 2 heterocycles. The van der Waals surface area contributed by atoms with E-state index in [2.05, 4.69) is 48.3 Å². The van der Waals surface area contributed by atoms with E-state index in [0.717, 1.165) is 12.4 Å². The van der Waals surface area contributed by atoms with Gasteiger partial charge in [0.25, 0.3) is 0 Å². The molecule has 0 saturated heterocycles. The number of furan rings is 1.